The highest BCUT2D eigenvalue weighted by molar-refractivity contribution is 7.99. The number of hydrogen-bond acceptors (Lipinski definition) is 4. The summed E-state index contributed by atoms with van der Waals surface area (Å²) >= 11 is 2.07. The minimum absolute atomic E-state index is 0.511. The summed E-state index contributed by atoms with van der Waals surface area (Å²) in [4.78, 5) is 2.49. The first-order valence-corrected chi connectivity index (χ1v) is 7.86. The van der Waals surface area contributed by atoms with Crippen molar-refractivity contribution in [2.75, 3.05) is 32.1 Å². The second-order valence-electron chi connectivity index (χ2n) is 4.93. The first-order valence-electron chi connectivity index (χ1n) is 6.71. The monoisotopic (exact) mass is 268 g/mol. The molecule has 1 saturated heterocycles. The SMILES string of the molecule is CCn1cc(CC(NC)C2CSCCN2C)cn1. The van der Waals surface area contributed by atoms with Gasteiger partial charge in [-0.1, -0.05) is 0 Å². The molecule has 0 radical (unpaired) electrons. The molecule has 1 fully saturated rings. The summed E-state index contributed by atoms with van der Waals surface area (Å²) in [6.07, 6.45) is 5.23. The predicted molar refractivity (Wildman–Crippen MR) is 78.2 cm³/mol. The van der Waals surface area contributed by atoms with Gasteiger partial charge in [0.25, 0.3) is 0 Å². The Morgan fingerprint density at radius 3 is 3.06 bits per heavy atom. The van der Waals surface area contributed by atoms with Crippen LogP contribution in [0.25, 0.3) is 0 Å². The van der Waals surface area contributed by atoms with E-state index in [1.54, 1.807) is 0 Å². The topological polar surface area (TPSA) is 33.1 Å². The Bertz CT molecular complexity index is 366. The van der Waals surface area contributed by atoms with E-state index in [1.807, 2.05) is 10.9 Å². The van der Waals surface area contributed by atoms with Crippen molar-refractivity contribution in [1.29, 1.82) is 0 Å². The van der Waals surface area contributed by atoms with E-state index in [0.29, 0.717) is 12.1 Å². The van der Waals surface area contributed by atoms with Crippen LogP contribution in [-0.4, -0.2) is 58.9 Å². The molecule has 1 aromatic heterocycles. The van der Waals surface area contributed by atoms with Crippen LogP contribution in [0.1, 0.15) is 12.5 Å². The van der Waals surface area contributed by atoms with Gasteiger partial charge in [-0.05, 0) is 33.0 Å². The van der Waals surface area contributed by atoms with Crippen molar-refractivity contribution in [3.8, 4) is 0 Å². The van der Waals surface area contributed by atoms with E-state index < -0.39 is 0 Å². The van der Waals surface area contributed by atoms with Crippen molar-refractivity contribution in [3.05, 3.63) is 18.0 Å². The van der Waals surface area contributed by atoms with Crippen molar-refractivity contribution in [2.45, 2.75) is 32.0 Å². The third kappa shape index (κ3) is 3.28. The Morgan fingerprint density at radius 1 is 1.61 bits per heavy atom. The molecule has 0 amide bonds. The lowest BCUT2D eigenvalue weighted by Gasteiger charge is -2.37. The van der Waals surface area contributed by atoms with Gasteiger partial charge in [0.1, 0.15) is 0 Å². The van der Waals surface area contributed by atoms with Gasteiger partial charge in [-0.3, -0.25) is 4.68 Å². The maximum absolute atomic E-state index is 4.36. The molecule has 18 heavy (non-hydrogen) atoms. The molecule has 5 heteroatoms. The third-order valence-electron chi connectivity index (χ3n) is 3.74. The van der Waals surface area contributed by atoms with Gasteiger partial charge < -0.3 is 10.2 Å². The van der Waals surface area contributed by atoms with E-state index in [-0.39, 0.29) is 0 Å². The second-order valence-corrected chi connectivity index (χ2v) is 6.08. The molecule has 1 aliphatic rings. The van der Waals surface area contributed by atoms with Crippen LogP contribution in [0.4, 0.5) is 0 Å². The van der Waals surface area contributed by atoms with Gasteiger partial charge in [0.2, 0.25) is 0 Å². The number of nitrogens with one attached hydrogen (secondary N) is 1. The van der Waals surface area contributed by atoms with Crippen molar-refractivity contribution in [2.24, 2.45) is 0 Å². The molecule has 2 rings (SSSR count). The van der Waals surface area contributed by atoms with E-state index in [1.165, 1.54) is 23.6 Å². The zero-order chi connectivity index (χ0) is 13.0. The predicted octanol–water partition coefficient (Wildman–Crippen LogP) is 1.08. The summed E-state index contributed by atoms with van der Waals surface area (Å²) in [7, 11) is 4.31. The largest absolute Gasteiger partial charge is 0.315 e. The molecule has 1 N–H and O–H groups in total. The highest BCUT2D eigenvalue weighted by atomic mass is 32.2. The molecule has 1 aliphatic heterocycles. The Hall–Kier alpha value is -0.520. The molecule has 0 bridgehead atoms. The van der Waals surface area contributed by atoms with Crippen LogP contribution < -0.4 is 5.32 Å². The van der Waals surface area contributed by atoms with Gasteiger partial charge in [-0.2, -0.15) is 16.9 Å². The molecule has 0 aromatic carbocycles. The average Bonchev–Trinajstić information content (AvgIpc) is 2.85. The normalized spacial score (nSPS) is 23.2. The van der Waals surface area contributed by atoms with Crippen LogP contribution in [0.5, 0.6) is 0 Å². The Labute approximate surface area is 114 Å². The number of nitrogens with zero attached hydrogens (tertiary/aromatic N) is 3. The van der Waals surface area contributed by atoms with Crippen molar-refractivity contribution < 1.29 is 0 Å². The van der Waals surface area contributed by atoms with Gasteiger partial charge in [0, 0.05) is 42.9 Å². The van der Waals surface area contributed by atoms with Gasteiger partial charge in [0.15, 0.2) is 0 Å². The Kier molecular flexibility index (Phi) is 5.09. The molecular weight excluding hydrogens is 244 g/mol. The minimum atomic E-state index is 0.511. The molecule has 2 unspecified atom stereocenters. The fourth-order valence-electron chi connectivity index (χ4n) is 2.50. The summed E-state index contributed by atoms with van der Waals surface area (Å²) in [5, 5.41) is 7.84. The number of likely N-dealkylation sites (N-methyl/N-ethyl adjacent to an activating group) is 2. The van der Waals surface area contributed by atoms with E-state index in [0.717, 1.165) is 13.0 Å². The van der Waals surface area contributed by atoms with Gasteiger partial charge in [-0.25, -0.2) is 0 Å². The maximum Gasteiger partial charge on any atom is 0.0522 e. The van der Waals surface area contributed by atoms with Crippen molar-refractivity contribution in [1.82, 2.24) is 20.0 Å². The summed E-state index contributed by atoms with van der Waals surface area (Å²) in [5.74, 6) is 2.49. The molecule has 0 spiro atoms. The van der Waals surface area contributed by atoms with E-state index in [2.05, 4.69) is 54.3 Å². The highest BCUT2D eigenvalue weighted by Gasteiger charge is 2.27. The molecular formula is C13H24N4S. The lowest BCUT2D eigenvalue weighted by Crippen LogP contribution is -2.52. The van der Waals surface area contributed by atoms with Crippen LogP contribution in [0.3, 0.4) is 0 Å². The summed E-state index contributed by atoms with van der Waals surface area (Å²) < 4.78 is 2.00. The molecule has 2 atom stereocenters. The smallest absolute Gasteiger partial charge is 0.0522 e. The third-order valence-corrected chi connectivity index (χ3v) is 4.79. The molecule has 1 aromatic rings. The number of thioether (sulfide) groups is 1. The molecule has 0 saturated carbocycles. The molecule has 4 nitrogen and oxygen atoms in total. The first-order chi connectivity index (χ1) is 8.74. The summed E-state index contributed by atoms with van der Waals surface area (Å²) in [5.41, 5.74) is 1.33. The highest BCUT2D eigenvalue weighted by Crippen LogP contribution is 2.19. The van der Waals surface area contributed by atoms with E-state index in [9.17, 15) is 0 Å². The fourth-order valence-corrected chi connectivity index (χ4v) is 3.81. The lowest BCUT2D eigenvalue weighted by atomic mass is 10.0. The van der Waals surface area contributed by atoms with Crippen LogP contribution in [0.2, 0.25) is 0 Å². The maximum atomic E-state index is 4.36. The molecule has 102 valence electrons. The number of hydrogen-bond donors (Lipinski definition) is 1. The summed E-state index contributed by atoms with van der Waals surface area (Å²) in [6, 6.07) is 1.14. The summed E-state index contributed by atoms with van der Waals surface area (Å²) in [6.45, 7) is 4.27. The Balaban J connectivity index is 1.99. The van der Waals surface area contributed by atoms with Gasteiger partial charge in [0.05, 0.1) is 6.20 Å². The molecule has 0 aliphatic carbocycles. The number of rotatable bonds is 5. The first kappa shape index (κ1) is 13.9. The fraction of sp³-hybridized carbons (Fsp3) is 0.769. The van der Waals surface area contributed by atoms with Crippen LogP contribution in [-0.2, 0) is 13.0 Å². The van der Waals surface area contributed by atoms with Crippen LogP contribution in [0.15, 0.2) is 12.4 Å². The zero-order valence-corrected chi connectivity index (χ0v) is 12.4. The van der Waals surface area contributed by atoms with Crippen molar-refractivity contribution in [3.63, 3.8) is 0 Å². The van der Waals surface area contributed by atoms with Crippen LogP contribution >= 0.6 is 11.8 Å². The second kappa shape index (κ2) is 6.59. The van der Waals surface area contributed by atoms with Crippen LogP contribution in [0, 0.1) is 0 Å². The standard InChI is InChI=1S/C13H24N4S/c1-4-17-9-11(8-15-17)7-12(14-2)13-10-18-6-5-16(13)3/h8-9,12-14H,4-7,10H2,1-3H3. The quantitative estimate of drug-likeness (QED) is 0.866. The zero-order valence-electron chi connectivity index (χ0n) is 11.6. The van der Waals surface area contributed by atoms with E-state index >= 15 is 0 Å². The van der Waals surface area contributed by atoms with Gasteiger partial charge in [-0.15, -0.1) is 0 Å². The van der Waals surface area contributed by atoms with Gasteiger partial charge >= 0.3 is 0 Å². The number of aromatic nitrogens is 2. The van der Waals surface area contributed by atoms with E-state index in [4.69, 9.17) is 0 Å². The average molecular weight is 268 g/mol. The number of aryl methyl sites for hydroxylation is 1. The minimum Gasteiger partial charge on any atom is -0.315 e. The lowest BCUT2D eigenvalue weighted by molar-refractivity contribution is 0.219. The Morgan fingerprint density at radius 2 is 2.44 bits per heavy atom. The molecule has 2 heterocycles. The van der Waals surface area contributed by atoms with Crippen molar-refractivity contribution >= 4 is 11.8 Å².